The second kappa shape index (κ2) is 8.33. The van der Waals surface area contributed by atoms with E-state index < -0.39 is 0 Å². The molecule has 1 N–H and O–H groups in total. The first-order valence-electron chi connectivity index (χ1n) is 12.9. The molecule has 0 unspecified atom stereocenters. The summed E-state index contributed by atoms with van der Waals surface area (Å²) in [7, 11) is 0. The van der Waals surface area contributed by atoms with E-state index in [1.54, 1.807) is 0 Å². The van der Waals surface area contributed by atoms with Crippen molar-refractivity contribution in [2.75, 3.05) is 13.1 Å². The van der Waals surface area contributed by atoms with Gasteiger partial charge in [0, 0.05) is 36.5 Å². The highest BCUT2D eigenvalue weighted by atomic mass is 16.2. The molecule has 0 spiro atoms. The Hall–Kier alpha value is -3.93. The number of benzene rings is 3. The van der Waals surface area contributed by atoms with Gasteiger partial charge >= 0.3 is 0 Å². The Morgan fingerprint density at radius 2 is 1.78 bits per heavy atom. The number of amides is 1. The first kappa shape index (κ1) is 21.4. The largest absolute Gasteiger partial charge is 0.342 e. The number of rotatable bonds is 5. The minimum Gasteiger partial charge on any atom is -0.342 e. The van der Waals surface area contributed by atoms with Gasteiger partial charge in [-0.1, -0.05) is 36.4 Å². The lowest BCUT2D eigenvalue weighted by Crippen LogP contribution is -2.30. The highest BCUT2D eigenvalue weighted by Crippen LogP contribution is 2.34. The van der Waals surface area contributed by atoms with E-state index in [-0.39, 0.29) is 0 Å². The maximum absolute atomic E-state index is 12.6. The Kier molecular flexibility index (Phi) is 4.94. The van der Waals surface area contributed by atoms with E-state index in [0.717, 1.165) is 72.2 Å². The summed E-state index contributed by atoms with van der Waals surface area (Å²) in [5.41, 5.74) is 7.91. The first-order valence-corrected chi connectivity index (χ1v) is 12.9. The number of hydrogen-bond acceptors (Lipinski definition) is 3. The monoisotopic (exact) mass is 475 g/mol. The summed E-state index contributed by atoms with van der Waals surface area (Å²) in [4.78, 5) is 19.8. The zero-order valence-electron chi connectivity index (χ0n) is 20.4. The lowest BCUT2D eigenvalue weighted by Gasteiger charge is -2.18. The highest BCUT2D eigenvalue weighted by Gasteiger charge is 2.36. The van der Waals surface area contributed by atoms with Crippen molar-refractivity contribution in [3.63, 3.8) is 0 Å². The zero-order chi connectivity index (χ0) is 24.2. The fourth-order valence-corrected chi connectivity index (χ4v) is 5.61. The van der Waals surface area contributed by atoms with Crippen LogP contribution in [0.4, 0.5) is 0 Å². The number of hydrogen-bond donors (Lipinski definition) is 1. The van der Waals surface area contributed by atoms with Gasteiger partial charge in [0.05, 0.1) is 22.7 Å². The van der Waals surface area contributed by atoms with Gasteiger partial charge in [0.15, 0.2) is 0 Å². The Morgan fingerprint density at radius 1 is 0.972 bits per heavy atom. The molecule has 0 bridgehead atoms. The molecule has 3 heterocycles. The average Bonchev–Trinajstić information content (AvgIpc) is 3.30. The van der Waals surface area contributed by atoms with Gasteiger partial charge < -0.3 is 9.47 Å². The molecule has 3 aromatic carbocycles. The lowest BCUT2D eigenvalue weighted by molar-refractivity contribution is -0.131. The third kappa shape index (κ3) is 3.77. The standard InChI is InChI=1S/C30H29N5O/c1-19-2-11-28-27(14-19)32-29(35(28)18-20-12-13-34(17-20)30(36)23-7-8-23)22-5-3-21(4-6-22)24-9-10-26-25(15-24)16-31-33-26/h2-6,9-11,14-16,20,23H,7-8,12-13,17-18H2,1H3,(H,31,33)/t20-/m1/s1. The third-order valence-corrected chi connectivity index (χ3v) is 7.79. The number of carbonyl (C=O) groups excluding carboxylic acids is 1. The third-order valence-electron chi connectivity index (χ3n) is 7.79. The van der Waals surface area contributed by atoms with Crippen LogP contribution in [0.15, 0.2) is 66.9 Å². The number of H-pyrrole nitrogens is 1. The van der Waals surface area contributed by atoms with E-state index in [0.29, 0.717) is 17.7 Å². The number of nitrogens with one attached hydrogen (secondary N) is 1. The summed E-state index contributed by atoms with van der Waals surface area (Å²) < 4.78 is 2.37. The molecular weight excluding hydrogens is 446 g/mol. The predicted molar refractivity (Wildman–Crippen MR) is 142 cm³/mol. The predicted octanol–water partition coefficient (Wildman–Crippen LogP) is 5.81. The number of nitrogens with zero attached hydrogens (tertiary/aromatic N) is 4. The van der Waals surface area contributed by atoms with E-state index in [9.17, 15) is 4.79 Å². The number of fused-ring (bicyclic) bond motifs is 2. The first-order chi connectivity index (χ1) is 17.6. The van der Waals surface area contributed by atoms with Gasteiger partial charge in [-0.05, 0) is 73.1 Å². The lowest BCUT2D eigenvalue weighted by atomic mass is 10.0. The van der Waals surface area contributed by atoms with E-state index in [1.165, 1.54) is 16.7 Å². The Balaban J connectivity index is 1.21. The fourth-order valence-electron chi connectivity index (χ4n) is 5.61. The van der Waals surface area contributed by atoms with Crippen molar-refractivity contribution in [1.29, 1.82) is 0 Å². The maximum atomic E-state index is 12.6. The topological polar surface area (TPSA) is 66.8 Å². The van der Waals surface area contributed by atoms with Crippen LogP contribution in [0, 0.1) is 18.8 Å². The van der Waals surface area contributed by atoms with Gasteiger partial charge in [-0.3, -0.25) is 9.89 Å². The molecule has 1 atom stereocenters. The number of carbonyl (C=O) groups is 1. The second-order valence-corrected chi connectivity index (χ2v) is 10.5. The molecular formula is C30H29N5O. The SMILES string of the molecule is Cc1ccc2c(c1)nc(-c1ccc(-c3ccc4[nH]ncc4c3)cc1)n2C[C@@H]1CCN(C(=O)C2CC2)C1. The van der Waals surface area contributed by atoms with Crippen molar-refractivity contribution in [3.8, 4) is 22.5 Å². The van der Waals surface area contributed by atoms with Crippen molar-refractivity contribution in [1.82, 2.24) is 24.6 Å². The summed E-state index contributed by atoms with van der Waals surface area (Å²) in [5, 5.41) is 8.26. The molecule has 0 radical (unpaired) electrons. The molecule has 1 saturated carbocycles. The van der Waals surface area contributed by atoms with Crippen LogP contribution >= 0.6 is 0 Å². The molecule has 5 aromatic rings. The number of aromatic amines is 1. The number of likely N-dealkylation sites (tertiary alicyclic amines) is 1. The average molecular weight is 476 g/mol. The maximum Gasteiger partial charge on any atom is 0.225 e. The normalized spacial score (nSPS) is 17.9. The smallest absolute Gasteiger partial charge is 0.225 e. The van der Waals surface area contributed by atoms with Crippen molar-refractivity contribution in [2.24, 2.45) is 11.8 Å². The molecule has 2 aliphatic rings. The van der Waals surface area contributed by atoms with Crippen molar-refractivity contribution in [2.45, 2.75) is 32.7 Å². The van der Waals surface area contributed by atoms with Crippen LogP contribution in [-0.4, -0.2) is 43.6 Å². The van der Waals surface area contributed by atoms with Crippen LogP contribution in [0.25, 0.3) is 44.5 Å². The molecule has 2 aromatic heterocycles. The number of aromatic nitrogens is 4. The Morgan fingerprint density at radius 3 is 2.61 bits per heavy atom. The summed E-state index contributed by atoms with van der Waals surface area (Å²) in [6.07, 6.45) is 5.06. The molecule has 180 valence electrons. The molecule has 7 rings (SSSR count). The van der Waals surface area contributed by atoms with Crippen molar-refractivity contribution >= 4 is 27.8 Å². The molecule has 36 heavy (non-hydrogen) atoms. The molecule has 6 nitrogen and oxygen atoms in total. The second-order valence-electron chi connectivity index (χ2n) is 10.5. The summed E-state index contributed by atoms with van der Waals surface area (Å²) in [5.74, 6) is 2.11. The van der Waals surface area contributed by atoms with Crippen LogP contribution in [0.3, 0.4) is 0 Å². The zero-order valence-corrected chi connectivity index (χ0v) is 20.4. The summed E-state index contributed by atoms with van der Waals surface area (Å²) >= 11 is 0. The van der Waals surface area contributed by atoms with Crippen LogP contribution < -0.4 is 0 Å². The summed E-state index contributed by atoms with van der Waals surface area (Å²) in [6.45, 7) is 4.73. The quantitative estimate of drug-likeness (QED) is 0.349. The number of aryl methyl sites for hydroxylation is 1. The van der Waals surface area contributed by atoms with Gasteiger partial charge in [0.2, 0.25) is 5.91 Å². The van der Waals surface area contributed by atoms with Gasteiger partial charge in [-0.15, -0.1) is 0 Å². The highest BCUT2D eigenvalue weighted by molar-refractivity contribution is 5.85. The van der Waals surface area contributed by atoms with E-state index in [1.807, 2.05) is 6.20 Å². The molecule has 2 fully saturated rings. The van der Waals surface area contributed by atoms with Crippen LogP contribution in [0.5, 0.6) is 0 Å². The van der Waals surface area contributed by atoms with Gasteiger partial charge in [0.25, 0.3) is 0 Å². The summed E-state index contributed by atoms with van der Waals surface area (Å²) in [6, 6.07) is 21.6. The molecule has 1 aliphatic carbocycles. The molecule has 6 heteroatoms. The number of imidazole rings is 1. The van der Waals surface area contributed by atoms with Gasteiger partial charge in [-0.2, -0.15) is 5.10 Å². The fraction of sp³-hybridized carbons (Fsp3) is 0.300. The van der Waals surface area contributed by atoms with Crippen LogP contribution in [0.1, 0.15) is 24.8 Å². The van der Waals surface area contributed by atoms with E-state index >= 15 is 0 Å². The van der Waals surface area contributed by atoms with Gasteiger partial charge in [0.1, 0.15) is 5.82 Å². The Bertz CT molecular complexity index is 1590. The molecule has 1 aliphatic heterocycles. The van der Waals surface area contributed by atoms with Crippen molar-refractivity contribution < 1.29 is 4.79 Å². The van der Waals surface area contributed by atoms with Crippen molar-refractivity contribution in [3.05, 3.63) is 72.4 Å². The van der Waals surface area contributed by atoms with Crippen LogP contribution in [0.2, 0.25) is 0 Å². The Labute approximate surface area is 210 Å². The minimum absolute atomic E-state index is 0.295. The van der Waals surface area contributed by atoms with Crippen LogP contribution in [-0.2, 0) is 11.3 Å². The van der Waals surface area contributed by atoms with E-state index in [4.69, 9.17) is 4.98 Å². The van der Waals surface area contributed by atoms with Gasteiger partial charge in [-0.25, -0.2) is 4.98 Å². The minimum atomic E-state index is 0.295. The molecule has 1 amide bonds. The molecule has 1 saturated heterocycles. The van der Waals surface area contributed by atoms with E-state index in [2.05, 4.69) is 87.3 Å².